The van der Waals surface area contributed by atoms with Crippen LogP contribution in [0.1, 0.15) is 98.3 Å². The van der Waals surface area contributed by atoms with Gasteiger partial charge in [-0.3, -0.25) is 39.5 Å². The number of amidine groups is 2. The highest BCUT2D eigenvalue weighted by Gasteiger charge is 2.49. The van der Waals surface area contributed by atoms with Gasteiger partial charge in [-0.2, -0.15) is 0 Å². The first-order valence-corrected chi connectivity index (χ1v) is 34.8. The monoisotopic (exact) mass is 1660 g/mol. The first-order chi connectivity index (χ1) is 48.9. The van der Waals surface area contributed by atoms with Crippen molar-refractivity contribution < 1.29 is 59.1 Å². The first kappa shape index (κ1) is 81.1. The zero-order valence-corrected chi connectivity index (χ0v) is 63.4. The van der Waals surface area contributed by atoms with E-state index in [2.05, 4.69) is 137 Å². The molecule has 0 aliphatic carbocycles. The van der Waals surface area contributed by atoms with E-state index in [9.17, 15) is 34.0 Å². The fourth-order valence-electron chi connectivity index (χ4n) is 10.5. The lowest BCUT2D eigenvalue weighted by Crippen LogP contribution is -2.53. The van der Waals surface area contributed by atoms with E-state index < -0.39 is 34.7 Å². The number of nitrogens with zero attached hydrogens (tertiary/aromatic N) is 8. The minimum absolute atomic E-state index is 0.0247. The van der Waals surface area contributed by atoms with Gasteiger partial charge in [-0.05, 0) is 132 Å². The van der Waals surface area contributed by atoms with E-state index in [0.717, 1.165) is 89.2 Å². The van der Waals surface area contributed by atoms with Crippen molar-refractivity contribution in [1.82, 2.24) is 35.6 Å². The van der Waals surface area contributed by atoms with Crippen molar-refractivity contribution in [3.05, 3.63) is 231 Å². The SMILES string of the molecule is C#C[C@]1(CN2Cc3ccc(OC)cc3C2=O)CC(=O)NC1=O.CCCN(C)/C(=N/O)c1ccc(Br)cc1.CCCN(C)/C(=N/O)c1ccc(C#C[C@]2(CN3Cc4ccc(OC)cc4C3)NC(=O)NC2=O)cc1.O/N=C(/Cl)c1ccc(Br)cc1.O/N=C\c1ccc(Br)cc1.O=Cc1ccc(Br)cc1. The van der Waals surface area contributed by atoms with Crippen molar-refractivity contribution >= 4 is 134 Å². The zero-order valence-electron chi connectivity index (χ0n) is 56.3. The highest BCUT2D eigenvalue weighted by molar-refractivity contribution is 9.11. The van der Waals surface area contributed by atoms with Crippen LogP contribution in [0, 0.1) is 29.6 Å². The molecular formula is C74H74Br4ClN11O12. The number of urea groups is 1. The average Bonchev–Trinajstić information content (AvgIpc) is 1.63. The molecule has 6 amide bonds. The summed E-state index contributed by atoms with van der Waals surface area (Å²) >= 11 is 18.7. The number of rotatable bonds is 15. The average molecular weight is 1660 g/mol. The summed E-state index contributed by atoms with van der Waals surface area (Å²) in [7, 11) is 6.94. The maximum Gasteiger partial charge on any atom is 0.323 e. The number of ether oxygens (including phenoxy) is 2. The quantitative estimate of drug-likeness (QED) is 0.00734. The molecule has 0 spiro atoms. The number of imide groups is 2. The van der Waals surface area contributed by atoms with Gasteiger partial charge in [-0.1, -0.05) is 188 Å². The van der Waals surface area contributed by atoms with Crippen molar-refractivity contribution in [2.24, 2.45) is 26.0 Å². The number of aldehydes is 1. The summed E-state index contributed by atoms with van der Waals surface area (Å²) in [4.78, 5) is 78.2. The normalized spacial score (nSPS) is 16.5. The first-order valence-electron chi connectivity index (χ1n) is 31.3. The Balaban J connectivity index is 0.000000209. The van der Waals surface area contributed by atoms with E-state index in [-0.39, 0.29) is 30.6 Å². The summed E-state index contributed by atoms with van der Waals surface area (Å²) in [6.07, 6.45) is 9.53. The van der Waals surface area contributed by atoms with Crippen molar-refractivity contribution in [3.63, 3.8) is 0 Å². The van der Waals surface area contributed by atoms with Gasteiger partial charge in [0.1, 0.15) is 23.2 Å². The van der Waals surface area contributed by atoms with Gasteiger partial charge >= 0.3 is 6.03 Å². The van der Waals surface area contributed by atoms with E-state index in [1.54, 1.807) is 55.6 Å². The van der Waals surface area contributed by atoms with Crippen LogP contribution in [0.5, 0.6) is 11.5 Å². The Labute approximate surface area is 630 Å². The van der Waals surface area contributed by atoms with E-state index in [4.69, 9.17) is 43.1 Å². The molecule has 28 heteroatoms. The number of carbonyl (C=O) groups is 6. The Morgan fingerprint density at radius 1 is 0.618 bits per heavy atom. The summed E-state index contributed by atoms with van der Waals surface area (Å²) < 4.78 is 14.4. The Bertz CT molecular complexity index is 4300. The van der Waals surface area contributed by atoms with Crippen LogP contribution in [0.3, 0.4) is 0 Å². The van der Waals surface area contributed by atoms with Crippen LogP contribution in [-0.4, -0.2) is 159 Å². The molecule has 0 radical (unpaired) electrons. The second-order valence-corrected chi connectivity index (χ2v) is 27.0. The number of fused-ring (bicyclic) bond motifs is 2. The van der Waals surface area contributed by atoms with E-state index in [0.29, 0.717) is 59.3 Å². The molecule has 532 valence electrons. The second-order valence-electron chi connectivity index (χ2n) is 22.9. The topological polar surface area (TPSA) is 300 Å². The molecule has 4 aliphatic rings. The summed E-state index contributed by atoms with van der Waals surface area (Å²) in [6, 6.07) is 47.4. The fourth-order valence-corrected chi connectivity index (χ4v) is 11.7. The Morgan fingerprint density at radius 2 is 1.11 bits per heavy atom. The summed E-state index contributed by atoms with van der Waals surface area (Å²) in [5.74, 6) is 9.32. The lowest BCUT2D eigenvalue weighted by molar-refractivity contribution is -0.127. The summed E-state index contributed by atoms with van der Waals surface area (Å²) in [5, 5.41) is 54.7. The number of oxime groups is 4. The number of benzene rings is 7. The van der Waals surface area contributed by atoms with Gasteiger partial charge in [0.25, 0.3) is 11.8 Å². The van der Waals surface area contributed by atoms with Crippen LogP contribution in [0.2, 0.25) is 0 Å². The second kappa shape index (κ2) is 39.9. The maximum atomic E-state index is 12.8. The molecule has 0 bridgehead atoms. The van der Waals surface area contributed by atoms with Gasteiger partial charge in [-0.15, -0.1) is 6.42 Å². The standard InChI is InChI=1S/C26H29N5O4.C16H14N2O4.C11H15BrN2O.C7H5BrClNO.C7H6BrNO.C7H5BrO/c1-4-13-30(2)23(29-34)19-7-5-18(6-8-19)11-12-26(24(32)27-25(33)28-26)17-31-15-20-9-10-22(35-3)14-21(20)16-31;1-3-16(7-13(19)17-15(16)21)9-18-8-10-4-5-11(22-2)6-12(10)14(18)20;1-3-8-14(2)11(13-15)9-4-6-10(12)7-5-9;8-6-3-1-5(2-4-6)7(9)10-11;8-7-3-1-6(2-4-7)5-9-10;8-7-3-1-6(5-9)2-4-7/h5-10,14,34H,4,13,15-17H2,1-3H3,(H2,27,28,32,33);1,4-6H,7-9H2,2H3,(H,17,19,21);4-7,15H,3,8H2,1-2H3;1-4,11H;1-5,10H;1-5H/b29-23+;;13-11+;10-7+;9-5-;/t26-;16-;;;;/m11..../s1. The van der Waals surface area contributed by atoms with Crippen molar-refractivity contribution in [1.29, 1.82) is 0 Å². The molecule has 2 fully saturated rings. The summed E-state index contributed by atoms with van der Waals surface area (Å²) in [5.41, 5.74) is 5.65. The van der Waals surface area contributed by atoms with Gasteiger partial charge in [-0.25, -0.2) is 4.79 Å². The maximum absolute atomic E-state index is 12.8. The van der Waals surface area contributed by atoms with Crippen LogP contribution in [0.25, 0.3) is 0 Å². The molecule has 0 aromatic heterocycles. The van der Waals surface area contributed by atoms with Crippen molar-refractivity contribution in [2.45, 2.75) is 58.3 Å². The number of hydrogen-bond acceptors (Lipinski definition) is 17. The molecule has 2 saturated heterocycles. The van der Waals surface area contributed by atoms with E-state index in [1.807, 2.05) is 133 Å². The van der Waals surface area contributed by atoms with Crippen LogP contribution < -0.4 is 25.4 Å². The summed E-state index contributed by atoms with van der Waals surface area (Å²) in [6.45, 7) is 7.68. The van der Waals surface area contributed by atoms with Crippen molar-refractivity contribution in [3.8, 4) is 35.7 Å². The Hall–Kier alpha value is -9.87. The lowest BCUT2D eigenvalue weighted by atomic mass is 9.86. The number of nitrogens with one attached hydrogen (secondary N) is 3. The minimum Gasteiger partial charge on any atom is -0.497 e. The molecule has 7 aromatic carbocycles. The smallest absolute Gasteiger partial charge is 0.323 e. The third kappa shape index (κ3) is 23.1. The number of terminal acetylenes is 1. The molecule has 7 aromatic rings. The minimum atomic E-state index is -1.36. The Morgan fingerprint density at radius 3 is 1.56 bits per heavy atom. The number of amides is 6. The van der Waals surface area contributed by atoms with E-state index in [1.165, 1.54) is 18.2 Å². The molecule has 23 nitrogen and oxygen atoms in total. The van der Waals surface area contributed by atoms with Gasteiger partial charge in [0, 0.05) is 111 Å². The molecule has 11 rings (SSSR count). The molecular weight excluding hydrogens is 1590 g/mol. The molecule has 7 N–H and O–H groups in total. The van der Waals surface area contributed by atoms with Crippen LogP contribution in [-0.2, 0) is 34.0 Å². The van der Waals surface area contributed by atoms with Gasteiger partial charge < -0.3 is 50.3 Å². The number of carbonyl (C=O) groups excluding carboxylic acids is 6. The lowest BCUT2D eigenvalue weighted by Gasteiger charge is -2.26. The third-order valence-electron chi connectivity index (χ3n) is 15.6. The van der Waals surface area contributed by atoms with Crippen molar-refractivity contribution in [2.75, 3.05) is 54.5 Å². The van der Waals surface area contributed by atoms with Crippen LogP contribution >= 0.6 is 75.3 Å². The van der Waals surface area contributed by atoms with Crippen LogP contribution in [0.15, 0.2) is 196 Å². The number of methoxy groups -OCH3 is 2. The predicted octanol–water partition coefficient (Wildman–Crippen LogP) is 12.7. The molecule has 0 saturated carbocycles. The molecule has 0 unspecified atom stereocenters. The van der Waals surface area contributed by atoms with Crippen LogP contribution in [0.4, 0.5) is 4.79 Å². The highest BCUT2D eigenvalue weighted by Crippen LogP contribution is 2.34. The molecule has 4 aliphatic heterocycles. The number of hydrogen-bond donors (Lipinski definition) is 7. The fraction of sp³-hybridized carbons (Fsp3) is 0.243. The number of halogens is 5. The van der Waals surface area contributed by atoms with E-state index >= 15 is 0 Å². The molecule has 2 atom stereocenters. The van der Waals surface area contributed by atoms with Gasteiger partial charge in [0.15, 0.2) is 22.4 Å². The predicted molar refractivity (Wildman–Crippen MR) is 405 cm³/mol. The third-order valence-corrected chi connectivity index (χ3v) is 18.0. The highest BCUT2D eigenvalue weighted by atomic mass is 79.9. The molecule has 102 heavy (non-hydrogen) atoms. The largest absolute Gasteiger partial charge is 0.497 e. The van der Waals surface area contributed by atoms with Gasteiger partial charge in [0.2, 0.25) is 11.8 Å². The zero-order chi connectivity index (χ0) is 74.5. The Kier molecular flexibility index (Phi) is 31.8. The molecule has 4 heterocycles. The van der Waals surface area contributed by atoms with Gasteiger partial charge in [0.05, 0.1) is 26.9 Å².